The minimum absolute atomic E-state index is 0.00401. The predicted octanol–water partition coefficient (Wildman–Crippen LogP) is 0.506. The summed E-state index contributed by atoms with van der Waals surface area (Å²) in [6.07, 6.45) is 0.211. The molecule has 22 heavy (non-hydrogen) atoms. The highest BCUT2D eigenvalue weighted by molar-refractivity contribution is 5.76. The van der Waals surface area contributed by atoms with E-state index in [4.69, 9.17) is 11.0 Å². The van der Waals surface area contributed by atoms with Crippen molar-refractivity contribution in [3.8, 4) is 6.07 Å². The van der Waals surface area contributed by atoms with Crippen molar-refractivity contribution in [2.24, 2.45) is 5.73 Å². The van der Waals surface area contributed by atoms with E-state index >= 15 is 0 Å². The number of amides is 1. The molecule has 0 aliphatic carbocycles. The molecule has 1 rings (SSSR count). The Morgan fingerprint density at radius 1 is 1.45 bits per heavy atom. The number of H-pyrrole nitrogens is 1. The number of hydrogen-bond donors (Lipinski definition) is 3. The third kappa shape index (κ3) is 4.36. The third-order valence-corrected chi connectivity index (χ3v) is 3.37. The molecule has 0 radical (unpaired) electrons. The maximum atomic E-state index is 12.9. The molecule has 6 nitrogen and oxygen atoms in total. The molecule has 0 aliphatic heterocycles. The number of nitrogens with two attached hydrogens (primary N) is 1. The van der Waals surface area contributed by atoms with E-state index in [-0.39, 0.29) is 18.4 Å². The van der Waals surface area contributed by atoms with Gasteiger partial charge in [0.15, 0.2) is 0 Å². The van der Waals surface area contributed by atoms with Crippen LogP contribution in [0, 0.1) is 25.2 Å². The summed E-state index contributed by atoms with van der Waals surface area (Å²) in [6.45, 7) is 1.63. The second-order valence-corrected chi connectivity index (χ2v) is 5.01. The van der Waals surface area contributed by atoms with Gasteiger partial charge in [0.25, 0.3) is 11.5 Å². The van der Waals surface area contributed by atoms with Crippen LogP contribution in [0.2, 0.25) is 0 Å². The quantitative estimate of drug-likeness (QED) is 0.710. The number of nitrogens with zero attached hydrogens (tertiary/aromatic N) is 1. The van der Waals surface area contributed by atoms with Crippen LogP contribution in [0.4, 0.5) is 8.78 Å². The molecule has 0 spiro atoms. The van der Waals surface area contributed by atoms with E-state index in [1.165, 1.54) is 0 Å². The fourth-order valence-corrected chi connectivity index (χ4v) is 2.05. The van der Waals surface area contributed by atoms with Crippen LogP contribution in [0.3, 0.4) is 0 Å². The molecule has 0 unspecified atom stereocenters. The number of aromatic nitrogens is 1. The van der Waals surface area contributed by atoms with Crippen molar-refractivity contribution >= 4 is 5.91 Å². The average molecular weight is 312 g/mol. The normalized spacial score (nSPS) is 11.1. The standard InChI is InChI=1S/C14H18F2N4O2/c1-8-10(9(2)20-13(22)11(8)5-17)3-4-12(21)19-7-14(15,16)6-18/h3-4,6-7,18H2,1-2H3,(H,19,21)(H,20,22). The highest BCUT2D eigenvalue weighted by Gasteiger charge is 2.27. The fourth-order valence-electron chi connectivity index (χ4n) is 2.05. The van der Waals surface area contributed by atoms with E-state index in [1.54, 1.807) is 13.8 Å². The van der Waals surface area contributed by atoms with Gasteiger partial charge >= 0.3 is 0 Å². The van der Waals surface area contributed by atoms with Crippen LogP contribution < -0.4 is 16.6 Å². The number of aromatic amines is 1. The molecule has 4 N–H and O–H groups in total. The van der Waals surface area contributed by atoms with Gasteiger partial charge in [-0.3, -0.25) is 9.59 Å². The van der Waals surface area contributed by atoms with Gasteiger partial charge in [-0.05, 0) is 31.4 Å². The largest absolute Gasteiger partial charge is 0.350 e. The summed E-state index contributed by atoms with van der Waals surface area (Å²) in [4.78, 5) is 25.7. The molecule has 0 bridgehead atoms. The lowest BCUT2D eigenvalue weighted by atomic mass is 9.99. The highest BCUT2D eigenvalue weighted by atomic mass is 19.3. The molecule has 0 saturated carbocycles. The van der Waals surface area contributed by atoms with Crippen LogP contribution in [0.25, 0.3) is 0 Å². The van der Waals surface area contributed by atoms with Crippen LogP contribution in [0.15, 0.2) is 4.79 Å². The smallest absolute Gasteiger partial charge is 0.277 e. The molecular formula is C14H18F2N4O2. The fraction of sp³-hybridized carbons (Fsp3) is 0.500. The SMILES string of the molecule is Cc1[nH]c(=O)c(C#N)c(C)c1CCC(=O)NCC(F)(F)CN. The Balaban J connectivity index is 2.76. The number of rotatable bonds is 6. The minimum atomic E-state index is -3.13. The molecule has 1 heterocycles. The second kappa shape index (κ2) is 7.13. The van der Waals surface area contributed by atoms with E-state index in [0.29, 0.717) is 16.8 Å². The predicted molar refractivity (Wildman–Crippen MR) is 76.6 cm³/mol. The zero-order chi connectivity index (χ0) is 16.9. The molecule has 0 atom stereocenters. The van der Waals surface area contributed by atoms with Gasteiger partial charge in [0.05, 0.1) is 13.1 Å². The first-order valence-corrected chi connectivity index (χ1v) is 6.69. The van der Waals surface area contributed by atoms with Gasteiger partial charge in [-0.1, -0.05) is 0 Å². The molecule has 120 valence electrons. The second-order valence-electron chi connectivity index (χ2n) is 5.01. The first-order chi connectivity index (χ1) is 10.2. The lowest BCUT2D eigenvalue weighted by Gasteiger charge is -2.15. The van der Waals surface area contributed by atoms with Gasteiger partial charge in [0.1, 0.15) is 11.6 Å². The summed E-state index contributed by atoms with van der Waals surface area (Å²) in [6, 6.07) is 1.81. The van der Waals surface area contributed by atoms with Crippen LogP contribution in [0.5, 0.6) is 0 Å². The lowest BCUT2D eigenvalue weighted by molar-refractivity contribution is -0.122. The highest BCUT2D eigenvalue weighted by Crippen LogP contribution is 2.15. The number of hydrogen-bond acceptors (Lipinski definition) is 4. The molecule has 8 heteroatoms. The van der Waals surface area contributed by atoms with Gasteiger partial charge in [-0.2, -0.15) is 5.26 Å². The Hall–Kier alpha value is -2.27. The van der Waals surface area contributed by atoms with Crippen LogP contribution in [-0.4, -0.2) is 29.9 Å². The van der Waals surface area contributed by atoms with Crippen LogP contribution >= 0.6 is 0 Å². The number of pyridine rings is 1. The van der Waals surface area contributed by atoms with Crippen molar-refractivity contribution in [1.82, 2.24) is 10.3 Å². The van der Waals surface area contributed by atoms with Gasteiger partial charge < -0.3 is 16.0 Å². The summed E-state index contributed by atoms with van der Waals surface area (Å²) in [7, 11) is 0. The van der Waals surface area contributed by atoms with Crippen molar-refractivity contribution < 1.29 is 13.6 Å². The molecular weight excluding hydrogens is 294 g/mol. The van der Waals surface area contributed by atoms with E-state index in [0.717, 1.165) is 0 Å². The number of halogens is 2. The Labute approximate surface area is 126 Å². The van der Waals surface area contributed by atoms with Crippen molar-refractivity contribution in [3.05, 3.63) is 32.7 Å². The number of alkyl halides is 2. The summed E-state index contributed by atoms with van der Waals surface area (Å²) < 4.78 is 25.9. The first-order valence-electron chi connectivity index (χ1n) is 6.69. The molecule has 0 saturated heterocycles. The van der Waals surface area contributed by atoms with Gasteiger partial charge in [0.2, 0.25) is 5.91 Å². The first kappa shape index (κ1) is 17.8. The van der Waals surface area contributed by atoms with Crippen LogP contribution in [-0.2, 0) is 11.2 Å². The molecule has 0 aromatic carbocycles. The van der Waals surface area contributed by atoms with E-state index < -0.39 is 30.5 Å². The van der Waals surface area contributed by atoms with E-state index in [2.05, 4.69) is 10.3 Å². The third-order valence-electron chi connectivity index (χ3n) is 3.37. The molecule has 1 amide bonds. The van der Waals surface area contributed by atoms with Crippen LogP contribution in [0.1, 0.15) is 28.8 Å². The molecule has 1 aromatic heterocycles. The number of aryl methyl sites for hydroxylation is 1. The molecule has 0 aliphatic rings. The summed E-state index contributed by atoms with van der Waals surface area (Å²) in [5.41, 5.74) is 6.12. The summed E-state index contributed by atoms with van der Waals surface area (Å²) in [5.74, 6) is -3.68. The maximum absolute atomic E-state index is 12.9. The van der Waals surface area contributed by atoms with Crippen molar-refractivity contribution in [2.75, 3.05) is 13.1 Å². The number of nitrogens with one attached hydrogen (secondary N) is 2. The lowest BCUT2D eigenvalue weighted by Crippen LogP contribution is -2.41. The molecule has 1 aromatic rings. The van der Waals surface area contributed by atoms with E-state index in [1.807, 2.05) is 6.07 Å². The van der Waals surface area contributed by atoms with Gasteiger partial charge in [-0.25, -0.2) is 8.78 Å². The monoisotopic (exact) mass is 312 g/mol. The summed E-state index contributed by atoms with van der Waals surface area (Å²) >= 11 is 0. The number of nitriles is 1. The Bertz CT molecular complexity index is 662. The Morgan fingerprint density at radius 3 is 2.64 bits per heavy atom. The number of carbonyl (C=O) groups is 1. The summed E-state index contributed by atoms with van der Waals surface area (Å²) in [5, 5.41) is 11.1. The van der Waals surface area contributed by atoms with E-state index in [9.17, 15) is 18.4 Å². The van der Waals surface area contributed by atoms with Crippen molar-refractivity contribution in [3.63, 3.8) is 0 Å². The zero-order valence-electron chi connectivity index (χ0n) is 12.4. The zero-order valence-corrected chi connectivity index (χ0v) is 12.4. The Kier molecular flexibility index (Phi) is 5.77. The molecule has 0 fully saturated rings. The average Bonchev–Trinajstić information content (AvgIpc) is 2.45. The minimum Gasteiger partial charge on any atom is -0.350 e. The van der Waals surface area contributed by atoms with Gasteiger partial charge in [-0.15, -0.1) is 0 Å². The number of carbonyl (C=O) groups excluding carboxylic acids is 1. The van der Waals surface area contributed by atoms with Crippen molar-refractivity contribution in [2.45, 2.75) is 32.6 Å². The van der Waals surface area contributed by atoms with Gasteiger partial charge in [0, 0.05) is 12.1 Å². The van der Waals surface area contributed by atoms with Crippen molar-refractivity contribution in [1.29, 1.82) is 5.26 Å². The Morgan fingerprint density at radius 2 is 2.09 bits per heavy atom. The topological polar surface area (TPSA) is 112 Å². The maximum Gasteiger partial charge on any atom is 0.277 e.